The molecular formula is C24H27ClN2O3S. The Morgan fingerprint density at radius 2 is 1.90 bits per heavy atom. The number of sulfonamides is 1. The maximum atomic E-state index is 12.8. The van der Waals surface area contributed by atoms with Crippen molar-refractivity contribution in [1.82, 2.24) is 4.72 Å². The van der Waals surface area contributed by atoms with Gasteiger partial charge in [0.05, 0.1) is 4.90 Å². The molecule has 0 aliphatic heterocycles. The van der Waals surface area contributed by atoms with Gasteiger partial charge in [-0.3, -0.25) is 4.79 Å². The average Bonchev–Trinajstić information content (AvgIpc) is 3.36. The number of hydrogen-bond acceptors (Lipinski definition) is 3. The van der Waals surface area contributed by atoms with Gasteiger partial charge in [-0.05, 0) is 92.0 Å². The van der Waals surface area contributed by atoms with E-state index in [4.69, 9.17) is 11.6 Å². The van der Waals surface area contributed by atoms with E-state index in [2.05, 4.69) is 10.0 Å². The molecule has 2 bridgehead atoms. The van der Waals surface area contributed by atoms with Crippen LogP contribution < -0.4 is 10.0 Å². The number of fused-ring (bicyclic) bond motifs is 2. The van der Waals surface area contributed by atoms with Crippen LogP contribution in [0, 0.1) is 17.8 Å². The molecule has 164 valence electrons. The van der Waals surface area contributed by atoms with E-state index in [1.165, 1.54) is 37.5 Å². The summed E-state index contributed by atoms with van der Waals surface area (Å²) in [6.07, 6.45) is 7.97. The molecular weight excluding hydrogens is 432 g/mol. The van der Waals surface area contributed by atoms with Crippen LogP contribution >= 0.6 is 11.6 Å². The van der Waals surface area contributed by atoms with Crippen LogP contribution in [0.2, 0.25) is 5.02 Å². The van der Waals surface area contributed by atoms with Crippen molar-refractivity contribution < 1.29 is 13.2 Å². The van der Waals surface area contributed by atoms with Crippen LogP contribution in [0.3, 0.4) is 0 Å². The first-order valence-corrected chi connectivity index (χ1v) is 12.5. The van der Waals surface area contributed by atoms with E-state index in [0.29, 0.717) is 22.5 Å². The van der Waals surface area contributed by atoms with Gasteiger partial charge in [-0.15, -0.1) is 0 Å². The van der Waals surface area contributed by atoms with E-state index in [-0.39, 0.29) is 16.8 Å². The Morgan fingerprint density at radius 1 is 1.13 bits per heavy atom. The fourth-order valence-corrected chi connectivity index (χ4v) is 6.48. The molecule has 31 heavy (non-hydrogen) atoms. The number of rotatable bonds is 7. The number of halogens is 1. The normalized spacial score (nSPS) is 23.9. The third kappa shape index (κ3) is 5.37. The highest BCUT2D eigenvalue weighted by Crippen LogP contribution is 2.49. The summed E-state index contributed by atoms with van der Waals surface area (Å²) in [5.74, 6) is 1.55. The molecule has 0 radical (unpaired) electrons. The molecule has 2 aromatic carbocycles. The van der Waals surface area contributed by atoms with E-state index in [0.717, 1.165) is 17.9 Å². The van der Waals surface area contributed by atoms with Gasteiger partial charge in [0.25, 0.3) is 0 Å². The SMILES string of the molecule is C[C@@H](NS(=O)(=O)c1ccc(NC(=O)/C=C/c2cccc(Cl)c2)cc1)[C@H]1C[C@H]2CC[C@H]1C2. The van der Waals surface area contributed by atoms with Crippen molar-refractivity contribution >= 4 is 39.3 Å². The van der Waals surface area contributed by atoms with Crippen molar-refractivity contribution in [3.8, 4) is 0 Å². The third-order valence-corrected chi connectivity index (χ3v) is 8.29. The number of benzene rings is 2. The minimum atomic E-state index is -3.60. The smallest absolute Gasteiger partial charge is 0.248 e. The highest BCUT2D eigenvalue weighted by Gasteiger charge is 2.42. The van der Waals surface area contributed by atoms with E-state index >= 15 is 0 Å². The van der Waals surface area contributed by atoms with Gasteiger partial charge in [0.2, 0.25) is 15.9 Å². The topological polar surface area (TPSA) is 75.3 Å². The Morgan fingerprint density at radius 3 is 2.55 bits per heavy atom. The quantitative estimate of drug-likeness (QED) is 0.567. The van der Waals surface area contributed by atoms with Gasteiger partial charge in [0.15, 0.2) is 0 Å². The number of hydrogen-bond donors (Lipinski definition) is 2. The molecule has 0 saturated heterocycles. The molecule has 0 spiro atoms. The summed E-state index contributed by atoms with van der Waals surface area (Å²) >= 11 is 5.94. The van der Waals surface area contributed by atoms with E-state index in [1.807, 2.05) is 19.1 Å². The molecule has 2 aromatic rings. The fourth-order valence-electron chi connectivity index (χ4n) is 4.99. The van der Waals surface area contributed by atoms with Crippen LogP contribution in [-0.4, -0.2) is 20.4 Å². The minimum Gasteiger partial charge on any atom is -0.323 e. The molecule has 0 heterocycles. The molecule has 4 rings (SSSR count). The minimum absolute atomic E-state index is 0.0729. The Kier molecular flexibility index (Phi) is 6.51. The Hall–Kier alpha value is -2.15. The second-order valence-corrected chi connectivity index (χ2v) is 10.8. The number of carbonyl (C=O) groups is 1. The Balaban J connectivity index is 1.35. The van der Waals surface area contributed by atoms with Gasteiger partial charge in [-0.2, -0.15) is 0 Å². The van der Waals surface area contributed by atoms with Crippen LogP contribution in [0.1, 0.15) is 38.2 Å². The highest BCUT2D eigenvalue weighted by molar-refractivity contribution is 7.89. The first-order chi connectivity index (χ1) is 14.8. The van der Waals surface area contributed by atoms with Crippen molar-refractivity contribution in [3.63, 3.8) is 0 Å². The predicted octanol–water partition coefficient (Wildman–Crippen LogP) is 5.09. The van der Waals surface area contributed by atoms with Crippen LogP contribution in [0.25, 0.3) is 6.08 Å². The lowest BCUT2D eigenvalue weighted by atomic mass is 9.84. The highest BCUT2D eigenvalue weighted by atomic mass is 35.5. The van der Waals surface area contributed by atoms with E-state index in [1.54, 1.807) is 30.3 Å². The predicted molar refractivity (Wildman–Crippen MR) is 124 cm³/mol. The Bertz CT molecular complexity index is 1080. The molecule has 2 fully saturated rings. The monoisotopic (exact) mass is 458 g/mol. The zero-order valence-corrected chi connectivity index (χ0v) is 19.0. The molecule has 2 aliphatic rings. The van der Waals surface area contributed by atoms with Gasteiger partial charge in [0.1, 0.15) is 0 Å². The summed E-state index contributed by atoms with van der Waals surface area (Å²) in [4.78, 5) is 12.3. The first kappa shape index (κ1) is 22.1. The standard InChI is InChI=1S/C24H27ClN2O3S/c1-16(23-15-18-5-7-19(23)13-18)27-31(29,30)22-10-8-21(9-11-22)26-24(28)12-6-17-3-2-4-20(25)14-17/h2-4,6,8-12,14,16,18-19,23,27H,5,7,13,15H2,1H3,(H,26,28)/b12-6+/t16-,18+,19+,23-/m1/s1. The molecule has 7 heteroatoms. The summed E-state index contributed by atoms with van der Waals surface area (Å²) in [5.41, 5.74) is 1.35. The zero-order chi connectivity index (χ0) is 22.0. The summed E-state index contributed by atoms with van der Waals surface area (Å²) in [6, 6.07) is 13.3. The largest absolute Gasteiger partial charge is 0.323 e. The van der Waals surface area contributed by atoms with Crippen molar-refractivity contribution in [2.45, 2.75) is 43.5 Å². The van der Waals surface area contributed by atoms with Crippen molar-refractivity contribution in [2.24, 2.45) is 17.8 Å². The lowest BCUT2D eigenvalue weighted by Crippen LogP contribution is -2.40. The molecule has 0 aromatic heterocycles. The number of nitrogens with one attached hydrogen (secondary N) is 2. The number of carbonyl (C=O) groups excluding carboxylic acids is 1. The van der Waals surface area contributed by atoms with Crippen LogP contribution in [-0.2, 0) is 14.8 Å². The second kappa shape index (κ2) is 9.15. The lowest BCUT2D eigenvalue weighted by Gasteiger charge is -2.28. The maximum absolute atomic E-state index is 12.8. The molecule has 5 nitrogen and oxygen atoms in total. The second-order valence-electron chi connectivity index (χ2n) is 8.65. The van der Waals surface area contributed by atoms with E-state index in [9.17, 15) is 13.2 Å². The van der Waals surface area contributed by atoms with Crippen LogP contribution in [0.4, 0.5) is 5.69 Å². The summed E-state index contributed by atoms with van der Waals surface area (Å²) in [7, 11) is -3.60. The first-order valence-electron chi connectivity index (χ1n) is 10.7. The van der Waals surface area contributed by atoms with Gasteiger partial charge < -0.3 is 5.32 Å². The van der Waals surface area contributed by atoms with Crippen molar-refractivity contribution in [1.29, 1.82) is 0 Å². The van der Waals surface area contributed by atoms with Crippen LogP contribution in [0.15, 0.2) is 59.5 Å². The van der Waals surface area contributed by atoms with Gasteiger partial charge >= 0.3 is 0 Å². The van der Waals surface area contributed by atoms with E-state index < -0.39 is 10.0 Å². The average molecular weight is 459 g/mol. The van der Waals surface area contributed by atoms with Crippen molar-refractivity contribution in [2.75, 3.05) is 5.32 Å². The number of amides is 1. The van der Waals surface area contributed by atoms with Gasteiger partial charge in [-0.25, -0.2) is 13.1 Å². The zero-order valence-electron chi connectivity index (χ0n) is 17.4. The summed E-state index contributed by atoms with van der Waals surface area (Å²) in [5, 5.41) is 3.34. The van der Waals surface area contributed by atoms with Gasteiger partial charge in [0, 0.05) is 22.8 Å². The molecule has 2 aliphatic carbocycles. The molecule has 2 N–H and O–H groups in total. The maximum Gasteiger partial charge on any atom is 0.248 e. The van der Waals surface area contributed by atoms with Gasteiger partial charge in [-0.1, -0.05) is 30.2 Å². The fraction of sp³-hybridized carbons (Fsp3) is 0.375. The molecule has 2 saturated carbocycles. The summed E-state index contributed by atoms with van der Waals surface area (Å²) in [6.45, 7) is 1.98. The third-order valence-electron chi connectivity index (χ3n) is 6.48. The molecule has 1 amide bonds. The lowest BCUT2D eigenvalue weighted by molar-refractivity contribution is -0.111. The van der Waals surface area contributed by atoms with Crippen LogP contribution in [0.5, 0.6) is 0 Å². The summed E-state index contributed by atoms with van der Waals surface area (Å²) < 4.78 is 28.5. The molecule has 0 unspecified atom stereocenters. The molecule has 4 atom stereocenters. The number of anilines is 1. The van der Waals surface area contributed by atoms with Crippen molar-refractivity contribution in [3.05, 3.63) is 65.2 Å². The Labute approximate surface area is 188 Å².